The molecule has 1 N–H and O–H groups in total. The summed E-state index contributed by atoms with van der Waals surface area (Å²) in [5.74, 6) is -0.790. The summed E-state index contributed by atoms with van der Waals surface area (Å²) in [6, 6.07) is 1.41. The number of aliphatic carboxylic acids is 1. The molecule has 0 atom stereocenters. The van der Waals surface area contributed by atoms with Gasteiger partial charge in [0, 0.05) is 5.56 Å². The van der Waals surface area contributed by atoms with Crippen LogP contribution in [0.4, 0.5) is 0 Å². The van der Waals surface area contributed by atoms with Crippen LogP contribution >= 0.6 is 34.8 Å². The van der Waals surface area contributed by atoms with Crippen LogP contribution in [0.1, 0.15) is 5.56 Å². The molecular formula is C9H7Cl3O3. The van der Waals surface area contributed by atoms with E-state index < -0.39 is 5.97 Å². The highest BCUT2D eigenvalue weighted by Crippen LogP contribution is 2.39. The standard InChI is InChI=1S/C9H7Cl3O3/c1-15-9-4(2-7(13)14)8(12)5(10)3-6(9)11/h3H,2H2,1H3,(H,13,14). The molecule has 0 amide bonds. The van der Waals surface area contributed by atoms with Crippen molar-refractivity contribution in [2.75, 3.05) is 7.11 Å². The van der Waals surface area contributed by atoms with Gasteiger partial charge in [-0.25, -0.2) is 0 Å². The van der Waals surface area contributed by atoms with Gasteiger partial charge in [0.25, 0.3) is 0 Å². The summed E-state index contributed by atoms with van der Waals surface area (Å²) in [5, 5.41) is 9.29. The third-order valence-corrected chi connectivity index (χ3v) is 2.86. The number of rotatable bonds is 3. The molecule has 0 fully saturated rings. The maximum absolute atomic E-state index is 10.6. The summed E-state index contributed by atoms with van der Waals surface area (Å²) in [7, 11) is 1.39. The van der Waals surface area contributed by atoms with Gasteiger partial charge in [0.2, 0.25) is 0 Å². The van der Waals surface area contributed by atoms with Crippen molar-refractivity contribution in [2.45, 2.75) is 6.42 Å². The van der Waals surface area contributed by atoms with Crippen molar-refractivity contribution in [3.05, 3.63) is 26.7 Å². The van der Waals surface area contributed by atoms with Gasteiger partial charge in [0.1, 0.15) is 5.75 Å². The van der Waals surface area contributed by atoms with E-state index in [0.717, 1.165) is 0 Å². The maximum atomic E-state index is 10.6. The van der Waals surface area contributed by atoms with Crippen molar-refractivity contribution in [3.63, 3.8) is 0 Å². The van der Waals surface area contributed by atoms with Crippen molar-refractivity contribution in [3.8, 4) is 5.75 Å². The lowest BCUT2D eigenvalue weighted by Crippen LogP contribution is -2.04. The summed E-state index contributed by atoms with van der Waals surface area (Å²) in [6.07, 6.45) is -0.289. The quantitative estimate of drug-likeness (QED) is 0.857. The smallest absolute Gasteiger partial charge is 0.308 e. The number of carbonyl (C=O) groups is 1. The molecule has 15 heavy (non-hydrogen) atoms. The number of carboxylic acids is 1. The number of carboxylic acid groups (broad SMARTS) is 1. The molecule has 0 spiro atoms. The van der Waals surface area contributed by atoms with E-state index in [4.69, 9.17) is 44.6 Å². The van der Waals surface area contributed by atoms with E-state index in [1.165, 1.54) is 13.2 Å². The Morgan fingerprint density at radius 1 is 1.40 bits per heavy atom. The first kappa shape index (κ1) is 12.4. The van der Waals surface area contributed by atoms with E-state index in [1.54, 1.807) is 0 Å². The molecule has 1 rings (SSSR count). The van der Waals surface area contributed by atoms with Gasteiger partial charge in [0.05, 0.1) is 28.6 Å². The minimum atomic E-state index is -1.03. The van der Waals surface area contributed by atoms with Gasteiger partial charge in [-0.15, -0.1) is 0 Å². The van der Waals surface area contributed by atoms with E-state index in [9.17, 15) is 4.79 Å². The molecule has 0 aliphatic heterocycles. The van der Waals surface area contributed by atoms with E-state index in [0.29, 0.717) is 0 Å². The largest absolute Gasteiger partial charge is 0.495 e. The Morgan fingerprint density at radius 3 is 2.47 bits per heavy atom. The summed E-state index contributed by atoms with van der Waals surface area (Å²) in [4.78, 5) is 10.6. The van der Waals surface area contributed by atoms with Gasteiger partial charge in [-0.3, -0.25) is 4.79 Å². The molecule has 82 valence electrons. The first-order valence-electron chi connectivity index (χ1n) is 3.89. The van der Waals surface area contributed by atoms with E-state index in [1.807, 2.05) is 0 Å². The molecule has 0 saturated heterocycles. The molecule has 0 aliphatic carbocycles. The van der Waals surface area contributed by atoms with Crippen molar-refractivity contribution < 1.29 is 14.6 Å². The number of halogens is 3. The molecule has 0 unspecified atom stereocenters. The van der Waals surface area contributed by atoms with Crippen LogP contribution in [0, 0.1) is 0 Å². The number of hydrogen-bond donors (Lipinski definition) is 1. The van der Waals surface area contributed by atoms with Crippen LogP contribution in [0.2, 0.25) is 15.1 Å². The van der Waals surface area contributed by atoms with Crippen LogP contribution in [0.15, 0.2) is 6.07 Å². The van der Waals surface area contributed by atoms with Crippen molar-refractivity contribution in [1.29, 1.82) is 0 Å². The zero-order chi connectivity index (χ0) is 11.6. The lowest BCUT2D eigenvalue weighted by atomic mass is 10.1. The summed E-state index contributed by atoms with van der Waals surface area (Å²) >= 11 is 17.5. The molecule has 0 heterocycles. The highest BCUT2D eigenvalue weighted by molar-refractivity contribution is 6.44. The van der Waals surface area contributed by atoms with Gasteiger partial charge < -0.3 is 9.84 Å². The molecule has 0 aliphatic rings. The normalized spacial score (nSPS) is 10.1. The topological polar surface area (TPSA) is 46.5 Å². The van der Waals surface area contributed by atoms with E-state index in [2.05, 4.69) is 0 Å². The fourth-order valence-corrected chi connectivity index (χ4v) is 1.94. The van der Waals surface area contributed by atoms with E-state index in [-0.39, 0.29) is 32.8 Å². The Labute approximate surface area is 102 Å². The minimum absolute atomic E-state index is 0.153. The first-order valence-corrected chi connectivity index (χ1v) is 5.03. The average molecular weight is 270 g/mol. The Kier molecular flexibility index (Phi) is 4.08. The van der Waals surface area contributed by atoms with Crippen LogP contribution in [0.3, 0.4) is 0 Å². The summed E-state index contributed by atoms with van der Waals surface area (Å²) in [6.45, 7) is 0. The predicted octanol–water partition coefficient (Wildman–Crippen LogP) is 3.28. The highest BCUT2D eigenvalue weighted by atomic mass is 35.5. The fraction of sp³-hybridized carbons (Fsp3) is 0.222. The Morgan fingerprint density at radius 2 is 2.00 bits per heavy atom. The van der Waals surface area contributed by atoms with Crippen LogP contribution in [-0.4, -0.2) is 18.2 Å². The second-order valence-electron chi connectivity index (χ2n) is 2.74. The molecule has 0 saturated carbocycles. The lowest BCUT2D eigenvalue weighted by molar-refractivity contribution is -0.136. The maximum Gasteiger partial charge on any atom is 0.308 e. The predicted molar refractivity (Wildman–Crippen MR) is 59.4 cm³/mol. The first-order chi connectivity index (χ1) is 6.97. The third-order valence-electron chi connectivity index (χ3n) is 1.75. The molecule has 1 aromatic rings. The Balaban J connectivity index is 3.36. The van der Waals surface area contributed by atoms with Crippen LogP contribution in [-0.2, 0) is 11.2 Å². The van der Waals surface area contributed by atoms with E-state index >= 15 is 0 Å². The number of ether oxygens (including phenoxy) is 1. The molecule has 6 heteroatoms. The van der Waals surface area contributed by atoms with Gasteiger partial charge in [-0.2, -0.15) is 0 Å². The zero-order valence-electron chi connectivity index (χ0n) is 7.68. The van der Waals surface area contributed by atoms with Crippen molar-refractivity contribution in [2.24, 2.45) is 0 Å². The van der Waals surface area contributed by atoms with Crippen LogP contribution in [0.5, 0.6) is 5.75 Å². The van der Waals surface area contributed by atoms with Crippen molar-refractivity contribution in [1.82, 2.24) is 0 Å². The number of methoxy groups -OCH3 is 1. The Bertz CT molecular complexity index is 404. The van der Waals surface area contributed by atoms with Crippen LogP contribution in [0.25, 0.3) is 0 Å². The molecule has 3 nitrogen and oxygen atoms in total. The lowest BCUT2D eigenvalue weighted by Gasteiger charge is -2.11. The van der Waals surface area contributed by atoms with Gasteiger partial charge >= 0.3 is 5.97 Å². The SMILES string of the molecule is COc1c(Cl)cc(Cl)c(Cl)c1CC(=O)O. The summed E-state index contributed by atoms with van der Waals surface area (Å²) < 4.78 is 4.97. The minimum Gasteiger partial charge on any atom is -0.495 e. The van der Waals surface area contributed by atoms with Crippen LogP contribution < -0.4 is 4.74 Å². The van der Waals surface area contributed by atoms with Gasteiger partial charge in [-0.05, 0) is 6.07 Å². The number of hydrogen-bond acceptors (Lipinski definition) is 2. The van der Waals surface area contributed by atoms with Crippen molar-refractivity contribution >= 4 is 40.8 Å². The second-order valence-corrected chi connectivity index (χ2v) is 3.93. The Hall–Kier alpha value is -0.640. The fourth-order valence-electron chi connectivity index (χ4n) is 1.16. The molecule has 1 aromatic carbocycles. The average Bonchev–Trinajstić information content (AvgIpc) is 2.13. The monoisotopic (exact) mass is 268 g/mol. The zero-order valence-corrected chi connectivity index (χ0v) is 9.95. The molecule has 0 radical (unpaired) electrons. The molecule has 0 aromatic heterocycles. The second kappa shape index (κ2) is 4.92. The third kappa shape index (κ3) is 2.68. The number of benzene rings is 1. The van der Waals surface area contributed by atoms with Gasteiger partial charge in [-0.1, -0.05) is 34.8 Å². The highest BCUT2D eigenvalue weighted by Gasteiger charge is 2.18. The van der Waals surface area contributed by atoms with Gasteiger partial charge in [0.15, 0.2) is 0 Å². The molecular weight excluding hydrogens is 262 g/mol. The molecule has 0 bridgehead atoms. The summed E-state index contributed by atoms with van der Waals surface area (Å²) in [5.41, 5.74) is 0.282.